The minimum Gasteiger partial charge on any atom is -0.445 e. The summed E-state index contributed by atoms with van der Waals surface area (Å²) in [6, 6.07) is 15.4. The number of nitrogens with zero attached hydrogens (tertiary/aromatic N) is 1. The van der Waals surface area contributed by atoms with Gasteiger partial charge in [0.15, 0.2) is 0 Å². The Morgan fingerprint density at radius 2 is 1.87 bits per heavy atom. The highest BCUT2D eigenvalue weighted by Gasteiger charge is 2.29. The Hall–Kier alpha value is -3.02. The quantitative estimate of drug-likeness (QED) is 0.720. The van der Waals surface area contributed by atoms with Crippen molar-refractivity contribution in [3.63, 3.8) is 0 Å². The average Bonchev–Trinajstić information content (AvgIpc) is 3.13. The van der Waals surface area contributed by atoms with E-state index in [-0.39, 0.29) is 18.7 Å². The monoisotopic (exact) mass is 410 g/mol. The van der Waals surface area contributed by atoms with E-state index in [0.29, 0.717) is 6.54 Å². The van der Waals surface area contributed by atoms with Crippen LogP contribution in [0.3, 0.4) is 0 Å². The molecule has 0 radical (unpaired) electrons. The number of rotatable bonds is 5. The van der Waals surface area contributed by atoms with E-state index < -0.39 is 11.7 Å². The lowest BCUT2D eigenvalue weighted by molar-refractivity contribution is 0.0584. The van der Waals surface area contributed by atoms with Gasteiger partial charge in [0.05, 0.1) is 11.7 Å². The number of benzene rings is 2. The molecule has 30 heavy (non-hydrogen) atoms. The Bertz CT molecular complexity index is 890. The molecule has 6 heteroatoms. The van der Waals surface area contributed by atoms with Crippen LogP contribution in [0.15, 0.2) is 48.5 Å². The van der Waals surface area contributed by atoms with Gasteiger partial charge in [0.2, 0.25) is 0 Å². The molecule has 0 aromatic heterocycles. The van der Waals surface area contributed by atoms with Crippen LogP contribution in [0.2, 0.25) is 0 Å². The summed E-state index contributed by atoms with van der Waals surface area (Å²) in [5, 5.41) is 2.94. The number of hydrogen-bond donors (Lipinski definition) is 1. The van der Waals surface area contributed by atoms with Crippen LogP contribution in [0.1, 0.15) is 56.8 Å². The summed E-state index contributed by atoms with van der Waals surface area (Å²) in [4.78, 5) is 26.4. The van der Waals surface area contributed by atoms with Crippen molar-refractivity contribution in [1.82, 2.24) is 5.32 Å². The number of alkyl carbamates (subject to hydrolysis) is 1. The highest BCUT2D eigenvalue weighted by Crippen LogP contribution is 2.32. The van der Waals surface area contributed by atoms with Gasteiger partial charge in [-0.15, -0.1) is 0 Å². The molecule has 1 N–H and O–H groups in total. The minimum atomic E-state index is -0.531. The van der Waals surface area contributed by atoms with E-state index in [9.17, 15) is 9.59 Å². The van der Waals surface area contributed by atoms with Gasteiger partial charge in [-0.2, -0.15) is 0 Å². The number of anilines is 1. The number of ether oxygens (including phenoxy) is 2. The van der Waals surface area contributed by atoms with Crippen molar-refractivity contribution >= 4 is 17.9 Å². The molecule has 2 aromatic rings. The first kappa shape index (κ1) is 21.7. The Balaban J connectivity index is 1.64. The van der Waals surface area contributed by atoms with Gasteiger partial charge in [0, 0.05) is 6.54 Å². The second kappa shape index (κ2) is 9.20. The van der Waals surface area contributed by atoms with Crippen LogP contribution in [0.5, 0.6) is 0 Å². The van der Waals surface area contributed by atoms with Crippen molar-refractivity contribution in [1.29, 1.82) is 0 Å². The maximum Gasteiger partial charge on any atom is 0.414 e. The summed E-state index contributed by atoms with van der Waals surface area (Å²) in [6.45, 7) is 8.43. The molecular formula is C24H30N2O4. The molecular weight excluding hydrogens is 380 g/mol. The standard InChI is InChI=1S/C24H30N2O4/c1-5-20(25-22(27)29-16-17-9-7-6-8-10-17)18-11-12-21-19(15-18)13-14-26(21)23(28)30-24(2,3)4/h6-12,15,20H,5,13-14,16H2,1-4H3,(H,25,27). The zero-order chi connectivity index (χ0) is 21.7. The fourth-order valence-corrected chi connectivity index (χ4v) is 3.47. The predicted molar refractivity (Wildman–Crippen MR) is 117 cm³/mol. The first-order chi connectivity index (χ1) is 14.3. The largest absolute Gasteiger partial charge is 0.445 e. The van der Waals surface area contributed by atoms with E-state index in [1.54, 1.807) is 4.90 Å². The van der Waals surface area contributed by atoms with Gasteiger partial charge in [-0.3, -0.25) is 4.90 Å². The molecule has 0 spiro atoms. The predicted octanol–water partition coefficient (Wildman–Crippen LogP) is 5.36. The summed E-state index contributed by atoms with van der Waals surface area (Å²) in [5.41, 5.74) is 3.36. The molecule has 6 nitrogen and oxygen atoms in total. The van der Waals surface area contributed by atoms with Crippen LogP contribution in [-0.2, 0) is 22.5 Å². The average molecular weight is 411 g/mol. The van der Waals surface area contributed by atoms with Gasteiger partial charge < -0.3 is 14.8 Å². The topological polar surface area (TPSA) is 67.9 Å². The number of hydrogen-bond acceptors (Lipinski definition) is 4. The van der Waals surface area contributed by atoms with E-state index in [0.717, 1.165) is 35.2 Å². The Labute approximate surface area is 178 Å². The normalized spacial score (nSPS) is 14.1. The highest BCUT2D eigenvalue weighted by atomic mass is 16.6. The van der Waals surface area contributed by atoms with Crippen LogP contribution in [0, 0.1) is 0 Å². The molecule has 0 aliphatic carbocycles. The van der Waals surface area contributed by atoms with Crippen LogP contribution >= 0.6 is 0 Å². The molecule has 1 aliphatic heterocycles. The molecule has 1 unspecified atom stereocenters. The summed E-state index contributed by atoms with van der Waals surface area (Å²) in [6.07, 6.45) is 0.719. The Morgan fingerprint density at radius 3 is 2.53 bits per heavy atom. The number of nitrogens with one attached hydrogen (secondary N) is 1. The number of amides is 2. The van der Waals surface area contributed by atoms with Crippen LogP contribution in [0.25, 0.3) is 0 Å². The highest BCUT2D eigenvalue weighted by molar-refractivity contribution is 5.90. The molecule has 1 heterocycles. The molecule has 1 aliphatic rings. The van der Waals surface area contributed by atoms with Gasteiger partial charge in [-0.1, -0.05) is 49.4 Å². The molecule has 0 bridgehead atoms. The zero-order valence-corrected chi connectivity index (χ0v) is 18.1. The van der Waals surface area contributed by atoms with Gasteiger partial charge in [0.1, 0.15) is 12.2 Å². The van der Waals surface area contributed by atoms with Gasteiger partial charge in [-0.25, -0.2) is 9.59 Å². The second-order valence-electron chi connectivity index (χ2n) is 8.44. The maximum atomic E-state index is 12.5. The van der Waals surface area contributed by atoms with E-state index in [4.69, 9.17) is 9.47 Å². The van der Waals surface area contributed by atoms with Crippen molar-refractivity contribution in [2.75, 3.05) is 11.4 Å². The van der Waals surface area contributed by atoms with Gasteiger partial charge in [0.25, 0.3) is 0 Å². The summed E-state index contributed by atoms with van der Waals surface area (Å²) >= 11 is 0. The van der Waals surface area contributed by atoms with E-state index in [2.05, 4.69) is 11.4 Å². The van der Waals surface area contributed by atoms with Gasteiger partial charge in [-0.05, 0) is 56.4 Å². The van der Waals surface area contributed by atoms with Crippen LogP contribution in [-0.4, -0.2) is 24.3 Å². The molecule has 3 rings (SSSR count). The van der Waals surface area contributed by atoms with Crippen molar-refractivity contribution in [3.05, 3.63) is 65.2 Å². The lowest BCUT2D eigenvalue weighted by atomic mass is 10.0. The fourth-order valence-electron chi connectivity index (χ4n) is 3.47. The molecule has 0 fully saturated rings. The van der Waals surface area contributed by atoms with Crippen molar-refractivity contribution in [2.45, 2.75) is 58.8 Å². The molecule has 0 saturated heterocycles. The number of carbonyl (C=O) groups excluding carboxylic acids is 2. The first-order valence-corrected chi connectivity index (χ1v) is 10.4. The molecule has 2 aromatic carbocycles. The third-order valence-electron chi connectivity index (χ3n) is 4.93. The lowest BCUT2D eigenvalue weighted by Gasteiger charge is -2.25. The van der Waals surface area contributed by atoms with Crippen molar-refractivity contribution < 1.29 is 19.1 Å². The third kappa shape index (κ3) is 5.53. The van der Waals surface area contributed by atoms with E-state index in [1.165, 1.54) is 0 Å². The van der Waals surface area contributed by atoms with Crippen molar-refractivity contribution in [2.24, 2.45) is 0 Å². The summed E-state index contributed by atoms with van der Waals surface area (Å²) < 4.78 is 10.9. The zero-order valence-electron chi connectivity index (χ0n) is 18.1. The van der Waals surface area contributed by atoms with Crippen LogP contribution in [0.4, 0.5) is 15.3 Å². The maximum absolute atomic E-state index is 12.5. The Morgan fingerprint density at radius 1 is 1.13 bits per heavy atom. The molecule has 0 saturated carbocycles. The first-order valence-electron chi connectivity index (χ1n) is 10.4. The second-order valence-corrected chi connectivity index (χ2v) is 8.44. The summed E-state index contributed by atoms with van der Waals surface area (Å²) in [7, 11) is 0. The number of carbonyl (C=O) groups is 2. The Kier molecular flexibility index (Phi) is 6.65. The van der Waals surface area contributed by atoms with Gasteiger partial charge >= 0.3 is 12.2 Å². The lowest BCUT2D eigenvalue weighted by Crippen LogP contribution is -2.35. The van der Waals surface area contributed by atoms with E-state index >= 15 is 0 Å². The fraction of sp³-hybridized carbons (Fsp3) is 0.417. The smallest absolute Gasteiger partial charge is 0.414 e. The molecule has 1 atom stereocenters. The molecule has 2 amide bonds. The SMILES string of the molecule is CCC(NC(=O)OCc1ccccc1)c1ccc2c(c1)CCN2C(=O)OC(C)(C)C. The van der Waals surface area contributed by atoms with Crippen LogP contribution < -0.4 is 10.2 Å². The minimum absolute atomic E-state index is 0.158. The molecule has 160 valence electrons. The summed E-state index contributed by atoms with van der Waals surface area (Å²) in [5.74, 6) is 0. The van der Waals surface area contributed by atoms with Crippen molar-refractivity contribution in [3.8, 4) is 0 Å². The third-order valence-corrected chi connectivity index (χ3v) is 4.93. The number of fused-ring (bicyclic) bond motifs is 1. The van der Waals surface area contributed by atoms with E-state index in [1.807, 2.05) is 70.2 Å².